The summed E-state index contributed by atoms with van der Waals surface area (Å²) in [6.45, 7) is 1.05. The summed E-state index contributed by atoms with van der Waals surface area (Å²) in [4.78, 5) is 15.3. The van der Waals surface area contributed by atoms with Crippen LogP contribution in [0.3, 0.4) is 0 Å². The second kappa shape index (κ2) is 6.97. The summed E-state index contributed by atoms with van der Waals surface area (Å²) >= 11 is 1.42. The fraction of sp³-hybridized carbons (Fsp3) is 0.125. The summed E-state index contributed by atoms with van der Waals surface area (Å²) in [5, 5.41) is 3.88. The van der Waals surface area contributed by atoms with Crippen LogP contribution in [-0.2, 0) is 11.3 Å². The Morgan fingerprint density at radius 2 is 2.26 bits per heavy atom. The van der Waals surface area contributed by atoms with Crippen LogP contribution in [0.5, 0.6) is 10.8 Å². The third-order valence-corrected chi connectivity index (χ3v) is 4.14. The number of anilines is 1. The minimum absolute atomic E-state index is 0.427. The Kier molecular flexibility index (Phi) is 4.58. The second-order valence-electron chi connectivity index (χ2n) is 4.57. The van der Waals surface area contributed by atoms with Gasteiger partial charge in [-0.25, -0.2) is 4.98 Å². The van der Waals surface area contributed by atoms with Crippen LogP contribution in [0, 0.1) is 0 Å². The number of oxazole rings is 1. The van der Waals surface area contributed by atoms with E-state index in [2.05, 4.69) is 10.3 Å². The van der Waals surface area contributed by atoms with Gasteiger partial charge in [-0.1, -0.05) is 0 Å². The fourth-order valence-electron chi connectivity index (χ4n) is 2.11. The van der Waals surface area contributed by atoms with Gasteiger partial charge in [0.25, 0.3) is 6.47 Å². The lowest BCUT2D eigenvalue weighted by Crippen LogP contribution is -1.98. The molecule has 0 saturated carbocycles. The topological polar surface area (TPSA) is 73.6 Å². The van der Waals surface area contributed by atoms with Crippen LogP contribution in [-0.4, -0.2) is 18.6 Å². The molecule has 6 nitrogen and oxygen atoms in total. The molecule has 0 radical (unpaired) electrons. The highest BCUT2D eigenvalue weighted by Gasteiger charge is 2.10. The molecule has 0 aliphatic rings. The first-order valence-electron chi connectivity index (χ1n) is 6.80. The van der Waals surface area contributed by atoms with Crippen molar-refractivity contribution in [1.29, 1.82) is 0 Å². The number of carbonyl (C=O) groups is 1. The van der Waals surface area contributed by atoms with Crippen molar-refractivity contribution in [2.75, 3.05) is 12.4 Å². The van der Waals surface area contributed by atoms with Crippen LogP contribution < -0.4 is 14.8 Å². The van der Waals surface area contributed by atoms with Crippen molar-refractivity contribution in [3.63, 3.8) is 0 Å². The van der Waals surface area contributed by atoms with Crippen molar-refractivity contribution in [3.05, 3.63) is 47.8 Å². The number of hydrogen-bond acceptors (Lipinski definition) is 7. The van der Waals surface area contributed by atoms with E-state index in [1.54, 1.807) is 19.4 Å². The standard InChI is InChI=1S/C16H14N2O4S/c1-20-14-6-11(2-4-13(14)15-8-17-9-21-15)18-7-12-3-5-16(23-12)22-10-19/h2-6,8-10,18H,7H2,1H3. The van der Waals surface area contributed by atoms with Gasteiger partial charge in [0.2, 0.25) is 0 Å². The molecule has 2 heterocycles. The van der Waals surface area contributed by atoms with Crippen molar-refractivity contribution in [3.8, 4) is 22.1 Å². The molecule has 3 rings (SSSR count). The number of aromatic nitrogens is 1. The number of hydrogen-bond donors (Lipinski definition) is 1. The van der Waals surface area contributed by atoms with Crippen LogP contribution >= 0.6 is 11.3 Å². The molecule has 0 amide bonds. The minimum atomic E-state index is 0.427. The fourth-order valence-corrected chi connectivity index (χ4v) is 2.87. The first-order chi connectivity index (χ1) is 11.3. The lowest BCUT2D eigenvalue weighted by molar-refractivity contribution is -0.120. The number of ether oxygens (including phenoxy) is 2. The first kappa shape index (κ1) is 15.1. The Labute approximate surface area is 136 Å². The molecule has 0 saturated heterocycles. The monoisotopic (exact) mass is 330 g/mol. The normalized spacial score (nSPS) is 10.3. The van der Waals surface area contributed by atoms with Gasteiger partial charge >= 0.3 is 0 Å². The zero-order valence-corrected chi connectivity index (χ0v) is 13.1. The van der Waals surface area contributed by atoms with Gasteiger partial charge in [0.1, 0.15) is 5.75 Å². The van der Waals surface area contributed by atoms with Crippen LogP contribution in [0.2, 0.25) is 0 Å². The first-order valence-corrected chi connectivity index (χ1v) is 7.61. The van der Waals surface area contributed by atoms with Gasteiger partial charge in [-0.15, -0.1) is 11.3 Å². The number of benzene rings is 1. The molecule has 23 heavy (non-hydrogen) atoms. The molecule has 0 spiro atoms. The smallest absolute Gasteiger partial charge is 0.299 e. The number of nitrogens with one attached hydrogen (secondary N) is 1. The highest BCUT2D eigenvalue weighted by atomic mass is 32.1. The molecule has 3 aromatic rings. The van der Waals surface area contributed by atoms with E-state index >= 15 is 0 Å². The molecule has 1 N–H and O–H groups in total. The SMILES string of the molecule is COc1cc(NCc2ccc(OC=O)s2)ccc1-c1cnco1. The summed E-state index contributed by atoms with van der Waals surface area (Å²) in [6.07, 6.45) is 3.03. The van der Waals surface area contributed by atoms with Crippen molar-refractivity contribution in [2.45, 2.75) is 6.54 Å². The van der Waals surface area contributed by atoms with Crippen LogP contribution in [0.4, 0.5) is 5.69 Å². The highest BCUT2D eigenvalue weighted by molar-refractivity contribution is 7.13. The van der Waals surface area contributed by atoms with Crippen LogP contribution in [0.1, 0.15) is 4.88 Å². The molecule has 2 aromatic heterocycles. The Morgan fingerprint density at radius 1 is 1.35 bits per heavy atom. The molecular weight excluding hydrogens is 316 g/mol. The molecular formula is C16H14N2O4S. The van der Waals surface area contributed by atoms with E-state index in [1.807, 2.05) is 24.3 Å². The van der Waals surface area contributed by atoms with E-state index in [9.17, 15) is 4.79 Å². The number of rotatable bonds is 7. The van der Waals surface area contributed by atoms with E-state index in [1.165, 1.54) is 17.7 Å². The van der Waals surface area contributed by atoms with Gasteiger partial charge in [-0.3, -0.25) is 4.79 Å². The third-order valence-electron chi connectivity index (χ3n) is 3.17. The van der Waals surface area contributed by atoms with E-state index in [-0.39, 0.29) is 0 Å². The predicted molar refractivity (Wildman–Crippen MR) is 86.8 cm³/mol. The summed E-state index contributed by atoms with van der Waals surface area (Å²) in [7, 11) is 1.61. The van der Waals surface area contributed by atoms with Crippen molar-refractivity contribution < 1.29 is 18.7 Å². The maximum Gasteiger partial charge on any atom is 0.299 e. The Morgan fingerprint density at radius 3 is 3.00 bits per heavy atom. The molecule has 0 aliphatic heterocycles. The number of thiophene rings is 1. The van der Waals surface area contributed by atoms with Crippen molar-refractivity contribution in [1.82, 2.24) is 4.98 Å². The van der Waals surface area contributed by atoms with E-state index in [0.29, 0.717) is 29.6 Å². The third kappa shape index (κ3) is 3.51. The number of methoxy groups -OCH3 is 1. The van der Waals surface area contributed by atoms with Gasteiger partial charge in [0, 0.05) is 23.2 Å². The molecule has 0 atom stereocenters. The maximum absolute atomic E-state index is 10.3. The predicted octanol–water partition coefficient (Wildman–Crippen LogP) is 3.56. The van der Waals surface area contributed by atoms with Crippen molar-refractivity contribution >= 4 is 23.5 Å². The van der Waals surface area contributed by atoms with Gasteiger partial charge < -0.3 is 19.2 Å². The summed E-state index contributed by atoms with van der Waals surface area (Å²) in [5.74, 6) is 1.35. The lowest BCUT2D eigenvalue weighted by atomic mass is 10.1. The molecule has 118 valence electrons. The van der Waals surface area contributed by atoms with E-state index in [4.69, 9.17) is 13.9 Å². The lowest BCUT2D eigenvalue weighted by Gasteiger charge is -2.10. The minimum Gasteiger partial charge on any atom is -0.496 e. The molecule has 0 bridgehead atoms. The van der Waals surface area contributed by atoms with Gasteiger partial charge in [-0.2, -0.15) is 0 Å². The highest BCUT2D eigenvalue weighted by Crippen LogP contribution is 2.32. The molecule has 1 aromatic carbocycles. The average Bonchev–Trinajstić information content (AvgIpc) is 3.25. The van der Waals surface area contributed by atoms with Crippen LogP contribution in [0.15, 0.2) is 47.3 Å². The Bertz CT molecular complexity index is 783. The van der Waals surface area contributed by atoms with Gasteiger partial charge in [-0.05, 0) is 24.3 Å². The maximum atomic E-state index is 10.3. The van der Waals surface area contributed by atoms with E-state index in [0.717, 1.165) is 16.1 Å². The Hall–Kier alpha value is -2.80. The quantitative estimate of drug-likeness (QED) is 0.668. The average molecular weight is 330 g/mol. The van der Waals surface area contributed by atoms with Crippen LogP contribution in [0.25, 0.3) is 11.3 Å². The molecule has 0 unspecified atom stereocenters. The largest absolute Gasteiger partial charge is 0.496 e. The Balaban J connectivity index is 1.71. The summed E-state index contributed by atoms with van der Waals surface area (Å²) in [6, 6.07) is 9.43. The van der Waals surface area contributed by atoms with Crippen molar-refractivity contribution in [2.24, 2.45) is 0 Å². The number of carbonyl (C=O) groups excluding carboxylic acids is 1. The zero-order valence-electron chi connectivity index (χ0n) is 12.3. The number of nitrogens with zero attached hydrogens (tertiary/aromatic N) is 1. The molecule has 0 aliphatic carbocycles. The van der Waals surface area contributed by atoms with Gasteiger partial charge in [0.15, 0.2) is 17.2 Å². The summed E-state index contributed by atoms with van der Waals surface area (Å²) in [5.41, 5.74) is 1.75. The molecule has 0 fully saturated rings. The zero-order chi connectivity index (χ0) is 16.1. The van der Waals surface area contributed by atoms with E-state index < -0.39 is 0 Å². The molecule has 7 heteroatoms. The second-order valence-corrected chi connectivity index (χ2v) is 5.70. The summed E-state index contributed by atoms with van der Waals surface area (Å²) < 4.78 is 15.5. The van der Waals surface area contributed by atoms with Gasteiger partial charge in [0.05, 0.1) is 18.9 Å².